The molecule has 0 unspecified atom stereocenters. The lowest BCUT2D eigenvalue weighted by Crippen LogP contribution is -2.23. The summed E-state index contributed by atoms with van der Waals surface area (Å²) in [6.07, 6.45) is 1.60. The van der Waals surface area contributed by atoms with Crippen molar-refractivity contribution >= 4 is 58.1 Å². The number of nitrogens with zero attached hydrogens (tertiary/aromatic N) is 2. The lowest BCUT2D eigenvalue weighted by Gasteiger charge is -2.07. The Morgan fingerprint density at radius 1 is 1.15 bits per heavy atom. The second-order valence-corrected chi connectivity index (χ2v) is 8.53. The molecule has 0 radical (unpaired) electrons. The summed E-state index contributed by atoms with van der Waals surface area (Å²) >= 11 is 7.11. The van der Waals surface area contributed by atoms with Crippen LogP contribution >= 0.6 is 23.4 Å². The van der Waals surface area contributed by atoms with Crippen LogP contribution in [-0.2, 0) is 9.53 Å². The number of likely N-dealkylation sites (N-methyl/N-ethyl adjacent to an activating group) is 1. The van der Waals surface area contributed by atoms with E-state index in [0.717, 1.165) is 0 Å². The van der Waals surface area contributed by atoms with Crippen LogP contribution in [0.15, 0.2) is 68.9 Å². The third-order valence-corrected chi connectivity index (χ3v) is 6.29. The smallest absolute Gasteiger partial charge is 0.337 e. The Hall–Kier alpha value is -3.82. The van der Waals surface area contributed by atoms with E-state index < -0.39 is 11.9 Å². The minimum absolute atomic E-state index is 0.0286. The van der Waals surface area contributed by atoms with Crippen molar-refractivity contribution < 1.29 is 28.6 Å². The van der Waals surface area contributed by atoms with Gasteiger partial charge in [-0.25, -0.2) is 14.6 Å². The highest BCUT2D eigenvalue weighted by atomic mass is 35.5. The maximum Gasteiger partial charge on any atom is 0.337 e. The van der Waals surface area contributed by atoms with E-state index >= 15 is 0 Å². The monoisotopic (exact) mass is 496 g/mol. The van der Waals surface area contributed by atoms with Crippen molar-refractivity contribution in [3.05, 3.63) is 81.4 Å². The number of amides is 1. The molecule has 2 heterocycles. The molecule has 1 saturated heterocycles. The van der Waals surface area contributed by atoms with Crippen molar-refractivity contribution in [1.82, 2.24) is 4.90 Å². The molecule has 0 atom stereocenters. The van der Waals surface area contributed by atoms with Gasteiger partial charge in [0.25, 0.3) is 5.91 Å². The molecule has 10 heteroatoms. The summed E-state index contributed by atoms with van der Waals surface area (Å²) in [5.74, 6) is -0.956. The maximum atomic E-state index is 12.7. The average molecular weight is 497 g/mol. The number of aromatic carboxylic acids is 1. The molecule has 8 nitrogen and oxygen atoms in total. The van der Waals surface area contributed by atoms with Gasteiger partial charge in [0.2, 0.25) is 0 Å². The van der Waals surface area contributed by atoms with Gasteiger partial charge in [-0.1, -0.05) is 11.6 Å². The van der Waals surface area contributed by atoms with Gasteiger partial charge in [-0.2, -0.15) is 0 Å². The maximum absolute atomic E-state index is 12.7. The van der Waals surface area contributed by atoms with E-state index in [1.54, 1.807) is 55.6 Å². The summed E-state index contributed by atoms with van der Waals surface area (Å²) in [6.45, 7) is 0. The number of halogens is 1. The Morgan fingerprint density at radius 2 is 1.88 bits per heavy atom. The Labute approximate surface area is 203 Å². The Morgan fingerprint density at radius 3 is 2.56 bits per heavy atom. The van der Waals surface area contributed by atoms with Gasteiger partial charge in [0.15, 0.2) is 5.17 Å². The number of carbonyl (C=O) groups is 3. The zero-order valence-electron chi connectivity index (χ0n) is 17.9. The highest BCUT2D eigenvalue weighted by molar-refractivity contribution is 8.18. The van der Waals surface area contributed by atoms with Crippen LogP contribution in [0.5, 0.6) is 0 Å². The molecule has 172 valence electrons. The van der Waals surface area contributed by atoms with E-state index in [2.05, 4.69) is 9.73 Å². The summed E-state index contributed by atoms with van der Waals surface area (Å²) in [4.78, 5) is 41.9. The van der Waals surface area contributed by atoms with Gasteiger partial charge in [0, 0.05) is 18.7 Å². The number of rotatable bonds is 5. The van der Waals surface area contributed by atoms with Crippen molar-refractivity contribution in [2.45, 2.75) is 0 Å². The van der Waals surface area contributed by atoms with Crippen molar-refractivity contribution in [2.24, 2.45) is 4.99 Å². The molecule has 0 spiro atoms. The molecule has 1 N–H and O–H groups in total. The number of benzene rings is 2. The standard InChI is InChI=1S/C24H17ClN2O6S/c1-27-21(28)20(34-24(27)26-15-6-3-13(4-7-15)23(31)32-2)12-16-8-10-19(33-16)14-5-9-18(25)17(11-14)22(29)30/h3-12H,1-2H3,(H,29,30)/b20-12+,26-24?. The molecule has 34 heavy (non-hydrogen) atoms. The molecule has 2 aromatic carbocycles. The Balaban J connectivity index is 1.56. The Bertz CT molecular complexity index is 1360. The first-order chi connectivity index (χ1) is 16.3. The van der Waals surface area contributed by atoms with Gasteiger partial charge >= 0.3 is 11.9 Å². The second-order valence-electron chi connectivity index (χ2n) is 7.11. The molecular formula is C24H17ClN2O6S. The van der Waals surface area contributed by atoms with Crippen LogP contribution in [0.1, 0.15) is 26.5 Å². The fraction of sp³-hybridized carbons (Fsp3) is 0.0833. The number of furan rings is 1. The SMILES string of the molecule is COC(=O)c1ccc(N=C2S/C(=C/c3ccc(-c4ccc(Cl)c(C(=O)O)c4)o3)C(=O)N2C)cc1. The number of aliphatic imine (C=N–C) groups is 1. The number of amidine groups is 1. The predicted molar refractivity (Wildman–Crippen MR) is 129 cm³/mol. The third-order valence-electron chi connectivity index (χ3n) is 4.90. The van der Waals surface area contributed by atoms with Crippen LogP contribution in [0.2, 0.25) is 5.02 Å². The van der Waals surface area contributed by atoms with E-state index in [9.17, 15) is 19.5 Å². The molecule has 0 bridgehead atoms. The number of carboxylic acids is 1. The second kappa shape index (κ2) is 9.58. The molecule has 1 amide bonds. The highest BCUT2D eigenvalue weighted by Crippen LogP contribution is 2.34. The molecule has 1 fully saturated rings. The van der Waals surface area contributed by atoms with E-state index in [1.807, 2.05) is 0 Å². The number of carboxylic acid groups (broad SMARTS) is 1. The predicted octanol–water partition coefficient (Wildman–Crippen LogP) is 5.32. The summed E-state index contributed by atoms with van der Waals surface area (Å²) < 4.78 is 10.5. The molecule has 1 aliphatic rings. The summed E-state index contributed by atoms with van der Waals surface area (Å²) in [5, 5.41) is 9.87. The first-order valence-corrected chi connectivity index (χ1v) is 11.0. The number of esters is 1. The zero-order chi connectivity index (χ0) is 24.4. The summed E-state index contributed by atoms with van der Waals surface area (Å²) in [7, 11) is 2.93. The van der Waals surface area contributed by atoms with Gasteiger partial charge in [-0.05, 0) is 66.4 Å². The van der Waals surface area contributed by atoms with Crippen molar-refractivity contribution in [1.29, 1.82) is 0 Å². The van der Waals surface area contributed by atoms with Gasteiger partial charge < -0.3 is 14.3 Å². The number of thioether (sulfide) groups is 1. The lowest BCUT2D eigenvalue weighted by atomic mass is 10.1. The topological polar surface area (TPSA) is 109 Å². The number of ether oxygens (including phenoxy) is 1. The minimum Gasteiger partial charge on any atom is -0.478 e. The molecular weight excluding hydrogens is 480 g/mol. The van der Waals surface area contributed by atoms with Crippen LogP contribution in [0, 0.1) is 0 Å². The van der Waals surface area contributed by atoms with Crippen molar-refractivity contribution in [3.8, 4) is 11.3 Å². The number of methoxy groups -OCH3 is 1. The zero-order valence-corrected chi connectivity index (χ0v) is 19.5. The number of carbonyl (C=O) groups excluding carboxylic acids is 2. The van der Waals surface area contributed by atoms with Crippen LogP contribution in [0.3, 0.4) is 0 Å². The average Bonchev–Trinajstić information content (AvgIpc) is 3.40. The fourth-order valence-electron chi connectivity index (χ4n) is 3.11. The summed E-state index contributed by atoms with van der Waals surface area (Å²) in [5.41, 5.74) is 1.50. The van der Waals surface area contributed by atoms with Crippen LogP contribution in [0.25, 0.3) is 17.4 Å². The molecule has 4 rings (SSSR count). The quantitative estimate of drug-likeness (QED) is 0.376. The molecule has 0 saturated carbocycles. The van der Waals surface area contributed by atoms with E-state index in [-0.39, 0.29) is 16.5 Å². The largest absolute Gasteiger partial charge is 0.478 e. The van der Waals surface area contributed by atoms with Crippen molar-refractivity contribution in [2.75, 3.05) is 14.2 Å². The normalized spacial score (nSPS) is 15.9. The highest BCUT2D eigenvalue weighted by Gasteiger charge is 2.30. The Kier molecular flexibility index (Phi) is 6.58. The van der Waals surface area contributed by atoms with Crippen LogP contribution in [0.4, 0.5) is 5.69 Å². The van der Waals surface area contributed by atoms with Gasteiger partial charge in [0.05, 0.1) is 33.9 Å². The minimum atomic E-state index is -1.14. The summed E-state index contributed by atoms with van der Waals surface area (Å²) in [6, 6.07) is 14.5. The van der Waals surface area contributed by atoms with E-state index in [4.69, 9.17) is 16.0 Å². The first kappa shape index (κ1) is 23.3. The van der Waals surface area contributed by atoms with Crippen LogP contribution in [-0.4, -0.2) is 47.2 Å². The van der Waals surface area contributed by atoms with E-state index in [1.165, 1.54) is 35.9 Å². The molecule has 0 aliphatic carbocycles. The van der Waals surface area contributed by atoms with Crippen molar-refractivity contribution in [3.63, 3.8) is 0 Å². The number of hydrogen-bond donors (Lipinski definition) is 1. The first-order valence-electron chi connectivity index (χ1n) is 9.84. The van der Waals surface area contributed by atoms with E-state index in [0.29, 0.717) is 38.4 Å². The lowest BCUT2D eigenvalue weighted by molar-refractivity contribution is -0.121. The molecule has 1 aliphatic heterocycles. The third kappa shape index (κ3) is 4.75. The number of hydrogen-bond acceptors (Lipinski definition) is 7. The van der Waals surface area contributed by atoms with Gasteiger partial charge in [-0.3, -0.25) is 9.69 Å². The fourth-order valence-corrected chi connectivity index (χ4v) is 4.27. The molecule has 1 aromatic heterocycles. The molecule has 3 aromatic rings. The van der Waals surface area contributed by atoms with Gasteiger partial charge in [0.1, 0.15) is 11.5 Å². The van der Waals surface area contributed by atoms with Crippen LogP contribution < -0.4 is 0 Å². The van der Waals surface area contributed by atoms with Gasteiger partial charge in [-0.15, -0.1) is 0 Å².